The topological polar surface area (TPSA) is 105 Å². The van der Waals surface area contributed by atoms with E-state index in [1.165, 1.54) is 11.8 Å². The molecule has 0 spiro atoms. The molecule has 1 aromatic rings. The lowest BCUT2D eigenvalue weighted by Gasteiger charge is -2.08. The molecule has 7 heteroatoms. The Morgan fingerprint density at radius 3 is 2.71 bits per heavy atom. The van der Waals surface area contributed by atoms with Gasteiger partial charge in [0.15, 0.2) is 0 Å². The van der Waals surface area contributed by atoms with Gasteiger partial charge in [-0.15, -0.1) is 11.8 Å². The van der Waals surface area contributed by atoms with E-state index in [1.54, 1.807) is 24.5 Å². The summed E-state index contributed by atoms with van der Waals surface area (Å²) in [5, 5.41) is 11.5. The molecule has 0 fully saturated rings. The van der Waals surface area contributed by atoms with Crippen LogP contribution in [0.3, 0.4) is 0 Å². The molecule has 1 heterocycles. The number of nitrogens with one attached hydrogen (secondary N) is 1. The lowest BCUT2D eigenvalue weighted by molar-refractivity contribution is -0.126. The predicted octanol–water partition coefficient (Wildman–Crippen LogP) is -0.864. The molecule has 0 saturated heterocycles. The quantitative estimate of drug-likeness (QED) is 0.573. The molecule has 0 bridgehead atoms. The van der Waals surface area contributed by atoms with Gasteiger partial charge in [0.05, 0.1) is 12.3 Å². The maximum Gasteiger partial charge on any atom is 0.248 e. The van der Waals surface area contributed by atoms with Gasteiger partial charge in [0.2, 0.25) is 11.8 Å². The van der Waals surface area contributed by atoms with Gasteiger partial charge in [-0.3, -0.25) is 14.6 Å². The van der Waals surface area contributed by atoms with Gasteiger partial charge in [0.1, 0.15) is 6.10 Å². The van der Waals surface area contributed by atoms with E-state index in [9.17, 15) is 9.59 Å². The molecule has 17 heavy (non-hydrogen) atoms. The first-order valence-corrected chi connectivity index (χ1v) is 5.85. The van der Waals surface area contributed by atoms with Crippen LogP contribution in [0.15, 0.2) is 29.4 Å². The van der Waals surface area contributed by atoms with Crippen molar-refractivity contribution in [1.82, 2.24) is 10.3 Å². The molecule has 0 aliphatic heterocycles. The summed E-state index contributed by atoms with van der Waals surface area (Å²) in [5.41, 5.74) is 4.83. The van der Waals surface area contributed by atoms with Crippen LogP contribution in [0.5, 0.6) is 0 Å². The van der Waals surface area contributed by atoms with Crippen LogP contribution in [-0.2, 0) is 9.59 Å². The van der Waals surface area contributed by atoms with Crippen molar-refractivity contribution >= 4 is 23.6 Å². The van der Waals surface area contributed by atoms with Crippen molar-refractivity contribution in [3.8, 4) is 0 Å². The zero-order valence-corrected chi connectivity index (χ0v) is 9.81. The Hall–Kier alpha value is -1.60. The van der Waals surface area contributed by atoms with Gasteiger partial charge in [-0.1, -0.05) is 0 Å². The van der Waals surface area contributed by atoms with E-state index in [4.69, 9.17) is 10.8 Å². The number of hydrogen-bond acceptors (Lipinski definition) is 5. The molecule has 1 atom stereocenters. The van der Waals surface area contributed by atoms with Crippen molar-refractivity contribution < 1.29 is 14.7 Å². The van der Waals surface area contributed by atoms with E-state index >= 15 is 0 Å². The first-order valence-electron chi connectivity index (χ1n) is 4.86. The summed E-state index contributed by atoms with van der Waals surface area (Å²) < 4.78 is 0. The zero-order chi connectivity index (χ0) is 12.7. The number of nitrogens with two attached hydrogens (primary N) is 1. The van der Waals surface area contributed by atoms with Gasteiger partial charge >= 0.3 is 0 Å². The van der Waals surface area contributed by atoms with Crippen LogP contribution in [0, 0.1) is 0 Å². The summed E-state index contributed by atoms with van der Waals surface area (Å²) in [4.78, 5) is 26.6. The van der Waals surface area contributed by atoms with Crippen LogP contribution in [-0.4, -0.2) is 40.3 Å². The molecule has 1 aromatic heterocycles. The predicted molar refractivity (Wildman–Crippen MR) is 63.2 cm³/mol. The number of rotatable bonds is 6. The van der Waals surface area contributed by atoms with Crippen LogP contribution in [0.2, 0.25) is 0 Å². The largest absolute Gasteiger partial charge is 0.381 e. The van der Waals surface area contributed by atoms with Gasteiger partial charge in [-0.05, 0) is 12.1 Å². The van der Waals surface area contributed by atoms with Crippen LogP contribution in [0.25, 0.3) is 0 Å². The van der Waals surface area contributed by atoms with Gasteiger partial charge in [0.25, 0.3) is 0 Å². The van der Waals surface area contributed by atoms with Crippen LogP contribution in [0.4, 0.5) is 0 Å². The van der Waals surface area contributed by atoms with Crippen molar-refractivity contribution in [3.05, 3.63) is 24.5 Å². The molecule has 1 rings (SSSR count). The minimum absolute atomic E-state index is 0.162. The highest BCUT2D eigenvalue weighted by molar-refractivity contribution is 8.00. The monoisotopic (exact) mass is 255 g/mol. The molecule has 2 amide bonds. The Kier molecular flexibility index (Phi) is 5.44. The number of aliphatic hydroxyl groups excluding tert-OH is 1. The number of nitrogens with zero attached hydrogens (tertiary/aromatic N) is 1. The van der Waals surface area contributed by atoms with Crippen molar-refractivity contribution in [1.29, 1.82) is 0 Å². The van der Waals surface area contributed by atoms with E-state index in [2.05, 4.69) is 10.3 Å². The van der Waals surface area contributed by atoms with Crippen molar-refractivity contribution in [2.24, 2.45) is 5.73 Å². The third-order valence-corrected chi connectivity index (χ3v) is 2.85. The third kappa shape index (κ3) is 5.32. The van der Waals surface area contributed by atoms with E-state index in [0.717, 1.165) is 4.90 Å². The Bertz CT molecular complexity index is 386. The average molecular weight is 255 g/mol. The molecule has 6 nitrogen and oxygen atoms in total. The second kappa shape index (κ2) is 6.87. The summed E-state index contributed by atoms with van der Waals surface area (Å²) >= 11 is 1.34. The van der Waals surface area contributed by atoms with Gasteiger partial charge in [-0.25, -0.2) is 0 Å². The lowest BCUT2D eigenvalue weighted by Crippen LogP contribution is -2.40. The number of thioether (sulfide) groups is 1. The maximum absolute atomic E-state index is 11.3. The average Bonchev–Trinajstić information content (AvgIpc) is 2.34. The summed E-state index contributed by atoms with van der Waals surface area (Å²) in [7, 11) is 0. The first kappa shape index (κ1) is 13.5. The smallest absolute Gasteiger partial charge is 0.248 e. The number of primary amides is 1. The fourth-order valence-corrected chi connectivity index (χ4v) is 1.66. The second-order valence-electron chi connectivity index (χ2n) is 3.19. The molecule has 4 N–H and O–H groups in total. The normalized spacial score (nSPS) is 11.8. The van der Waals surface area contributed by atoms with E-state index in [1.807, 2.05) is 0 Å². The highest BCUT2D eigenvalue weighted by Crippen LogP contribution is 2.15. The van der Waals surface area contributed by atoms with E-state index in [0.29, 0.717) is 0 Å². The van der Waals surface area contributed by atoms with Gasteiger partial charge in [0, 0.05) is 17.3 Å². The SMILES string of the molecule is NC(=O)C(O)CNC(=O)CSc1ccncc1. The highest BCUT2D eigenvalue weighted by atomic mass is 32.2. The molecule has 0 aromatic carbocycles. The van der Waals surface area contributed by atoms with Crippen molar-refractivity contribution in [3.63, 3.8) is 0 Å². The lowest BCUT2D eigenvalue weighted by atomic mass is 10.3. The standard InChI is InChI=1S/C10H13N3O3S/c11-10(16)8(14)5-13-9(15)6-17-7-1-3-12-4-2-7/h1-4,8,14H,5-6H2,(H2,11,16)(H,13,15). The summed E-state index contributed by atoms with van der Waals surface area (Å²) in [6.45, 7) is -0.162. The molecule has 0 radical (unpaired) electrons. The molecular weight excluding hydrogens is 242 g/mol. The molecule has 0 saturated carbocycles. The van der Waals surface area contributed by atoms with Gasteiger partial charge < -0.3 is 16.2 Å². The van der Waals surface area contributed by atoms with Crippen molar-refractivity contribution in [2.75, 3.05) is 12.3 Å². The Balaban J connectivity index is 2.24. The molecule has 1 unspecified atom stereocenters. The summed E-state index contributed by atoms with van der Waals surface area (Å²) in [6, 6.07) is 3.58. The Morgan fingerprint density at radius 1 is 1.47 bits per heavy atom. The molecular formula is C10H13N3O3S. The number of carbonyl (C=O) groups excluding carboxylic acids is 2. The minimum Gasteiger partial charge on any atom is -0.381 e. The molecule has 0 aliphatic rings. The minimum atomic E-state index is -1.34. The first-order chi connectivity index (χ1) is 8.09. The number of aromatic nitrogens is 1. The molecule has 0 aliphatic carbocycles. The summed E-state index contributed by atoms with van der Waals surface area (Å²) in [5.74, 6) is -0.922. The Labute approximate surface area is 103 Å². The zero-order valence-electron chi connectivity index (χ0n) is 9.00. The number of hydrogen-bond donors (Lipinski definition) is 3. The highest BCUT2D eigenvalue weighted by Gasteiger charge is 2.11. The van der Waals surface area contributed by atoms with Gasteiger partial charge in [-0.2, -0.15) is 0 Å². The van der Waals surface area contributed by atoms with E-state index in [-0.39, 0.29) is 18.2 Å². The number of aliphatic hydroxyl groups is 1. The third-order valence-electron chi connectivity index (χ3n) is 1.84. The van der Waals surface area contributed by atoms with Crippen molar-refractivity contribution in [2.45, 2.75) is 11.0 Å². The maximum atomic E-state index is 11.3. The molecule has 92 valence electrons. The number of carbonyl (C=O) groups is 2. The number of pyridine rings is 1. The summed E-state index contributed by atoms with van der Waals surface area (Å²) in [6.07, 6.45) is 1.93. The number of amides is 2. The van der Waals surface area contributed by atoms with Crippen LogP contribution < -0.4 is 11.1 Å². The fraction of sp³-hybridized carbons (Fsp3) is 0.300. The second-order valence-corrected chi connectivity index (χ2v) is 4.24. The Morgan fingerprint density at radius 2 is 2.12 bits per heavy atom. The van der Waals surface area contributed by atoms with E-state index < -0.39 is 12.0 Å². The van der Waals surface area contributed by atoms with Crippen LogP contribution >= 0.6 is 11.8 Å². The van der Waals surface area contributed by atoms with Crippen LogP contribution in [0.1, 0.15) is 0 Å². The fourth-order valence-electron chi connectivity index (χ4n) is 0.945.